The first-order chi connectivity index (χ1) is 11.8. The fraction of sp³-hybridized carbons (Fsp3) is 0.111. The highest BCUT2D eigenvalue weighted by Crippen LogP contribution is 2.37. The van der Waals surface area contributed by atoms with Gasteiger partial charge in [0, 0.05) is 21.8 Å². The molecule has 1 aliphatic heterocycles. The number of nitrogens with zero attached hydrogens (tertiary/aromatic N) is 3. The number of hydrogen-bond donors (Lipinski definition) is 1. The van der Waals surface area contributed by atoms with E-state index in [0.29, 0.717) is 11.0 Å². The van der Waals surface area contributed by atoms with Gasteiger partial charge in [0.05, 0.1) is 7.11 Å². The first-order valence-corrected chi connectivity index (χ1v) is 7.92. The molecule has 2 heterocycles. The van der Waals surface area contributed by atoms with Crippen LogP contribution in [0.2, 0.25) is 5.02 Å². The summed E-state index contributed by atoms with van der Waals surface area (Å²) in [6.07, 6.45) is 3.62. The zero-order valence-corrected chi connectivity index (χ0v) is 13.7. The normalized spacial score (nSPS) is 16.1. The minimum absolute atomic E-state index is 0.133. The highest BCUT2D eigenvalue weighted by Gasteiger charge is 2.26. The lowest BCUT2D eigenvalue weighted by molar-refractivity contribution is 0.404. The fourth-order valence-electron chi connectivity index (χ4n) is 2.90. The molecule has 0 radical (unpaired) electrons. The van der Waals surface area contributed by atoms with Crippen LogP contribution in [0.5, 0.6) is 5.75 Å². The van der Waals surface area contributed by atoms with Crippen molar-refractivity contribution >= 4 is 23.2 Å². The molecule has 0 amide bonds. The number of methoxy groups -OCH3 is 1. The number of aromatic nitrogens is 3. The molecule has 24 heavy (non-hydrogen) atoms. The second-order valence-electron chi connectivity index (χ2n) is 5.40. The lowest BCUT2D eigenvalue weighted by Crippen LogP contribution is -2.20. The largest absolute Gasteiger partial charge is 0.496 e. The lowest BCUT2D eigenvalue weighted by Gasteiger charge is -2.25. The van der Waals surface area contributed by atoms with Crippen LogP contribution in [-0.4, -0.2) is 21.9 Å². The Bertz CT molecular complexity index is 919. The van der Waals surface area contributed by atoms with Gasteiger partial charge in [0.1, 0.15) is 18.1 Å². The van der Waals surface area contributed by atoms with E-state index in [1.807, 2.05) is 53.2 Å². The summed E-state index contributed by atoms with van der Waals surface area (Å²) in [5, 5.41) is 8.33. The summed E-state index contributed by atoms with van der Waals surface area (Å²) in [7, 11) is 1.67. The molecule has 120 valence electrons. The average Bonchev–Trinajstić information content (AvgIpc) is 3.10. The van der Waals surface area contributed by atoms with Gasteiger partial charge in [-0.15, -0.1) is 0 Å². The topological polar surface area (TPSA) is 52.0 Å². The maximum absolute atomic E-state index is 6.36. The van der Waals surface area contributed by atoms with E-state index in [2.05, 4.69) is 21.5 Å². The van der Waals surface area contributed by atoms with Gasteiger partial charge in [-0.3, -0.25) is 0 Å². The predicted molar refractivity (Wildman–Crippen MR) is 94.2 cm³/mol. The molecule has 0 saturated carbocycles. The van der Waals surface area contributed by atoms with Gasteiger partial charge >= 0.3 is 0 Å². The molecule has 1 aliphatic rings. The molecule has 0 unspecified atom stereocenters. The van der Waals surface area contributed by atoms with Crippen LogP contribution in [0.1, 0.15) is 17.2 Å². The molecule has 6 heteroatoms. The predicted octanol–water partition coefficient (Wildman–Crippen LogP) is 4.00. The van der Waals surface area contributed by atoms with Crippen molar-refractivity contribution < 1.29 is 4.74 Å². The first kappa shape index (κ1) is 14.8. The standard InChI is InChI=1S/C18H15ClN4O/c1-24-17-9-5-3-7-13(17)16-10-15(12-6-2-4-8-14(12)19)22-18-20-11-21-23(16)18/h2-11,16H,1H3,(H,20,21,22)/t16-/m1/s1. The highest BCUT2D eigenvalue weighted by molar-refractivity contribution is 6.32. The number of benzene rings is 2. The molecule has 5 nitrogen and oxygen atoms in total. The molecule has 1 N–H and O–H groups in total. The number of para-hydroxylation sites is 1. The minimum atomic E-state index is -0.133. The molecule has 0 spiro atoms. The van der Waals surface area contributed by atoms with Gasteiger partial charge in [0.15, 0.2) is 0 Å². The zero-order chi connectivity index (χ0) is 16.5. The quantitative estimate of drug-likeness (QED) is 0.784. The molecular weight excluding hydrogens is 324 g/mol. The third-order valence-electron chi connectivity index (χ3n) is 4.03. The van der Waals surface area contributed by atoms with Crippen LogP contribution >= 0.6 is 11.6 Å². The summed E-state index contributed by atoms with van der Waals surface area (Å²) in [6.45, 7) is 0. The maximum atomic E-state index is 6.36. The van der Waals surface area contributed by atoms with Gasteiger partial charge in [0.2, 0.25) is 5.95 Å². The third kappa shape index (κ3) is 2.43. The fourth-order valence-corrected chi connectivity index (χ4v) is 3.14. The van der Waals surface area contributed by atoms with Crippen molar-refractivity contribution in [3.05, 3.63) is 77.1 Å². The Morgan fingerprint density at radius 3 is 2.75 bits per heavy atom. The van der Waals surface area contributed by atoms with E-state index in [1.54, 1.807) is 7.11 Å². The third-order valence-corrected chi connectivity index (χ3v) is 4.36. The number of ether oxygens (including phenoxy) is 1. The molecule has 0 fully saturated rings. The van der Waals surface area contributed by atoms with E-state index in [-0.39, 0.29) is 6.04 Å². The maximum Gasteiger partial charge on any atom is 0.226 e. The van der Waals surface area contributed by atoms with Gasteiger partial charge in [-0.25, -0.2) is 4.68 Å². The van der Waals surface area contributed by atoms with Gasteiger partial charge < -0.3 is 10.1 Å². The monoisotopic (exact) mass is 338 g/mol. The minimum Gasteiger partial charge on any atom is -0.496 e. The number of halogens is 1. The Morgan fingerprint density at radius 2 is 1.92 bits per heavy atom. The van der Waals surface area contributed by atoms with Crippen molar-refractivity contribution in [1.82, 2.24) is 14.8 Å². The van der Waals surface area contributed by atoms with E-state index in [9.17, 15) is 0 Å². The Morgan fingerprint density at radius 1 is 1.12 bits per heavy atom. The molecular formula is C18H15ClN4O. The number of fused-ring (bicyclic) bond motifs is 1. The summed E-state index contributed by atoms with van der Waals surface area (Å²) in [6, 6.07) is 15.5. The number of nitrogens with one attached hydrogen (secondary N) is 1. The van der Waals surface area contributed by atoms with Gasteiger partial charge in [-0.1, -0.05) is 48.0 Å². The number of anilines is 1. The van der Waals surface area contributed by atoms with Gasteiger partial charge in [-0.2, -0.15) is 10.1 Å². The van der Waals surface area contributed by atoms with Crippen molar-refractivity contribution in [2.45, 2.75) is 6.04 Å². The second kappa shape index (κ2) is 6.02. The molecule has 0 saturated heterocycles. The van der Waals surface area contributed by atoms with E-state index in [1.165, 1.54) is 6.33 Å². The van der Waals surface area contributed by atoms with Crippen molar-refractivity contribution in [2.75, 3.05) is 12.4 Å². The molecule has 0 aliphatic carbocycles. The van der Waals surface area contributed by atoms with E-state index < -0.39 is 0 Å². The molecule has 0 bridgehead atoms. The van der Waals surface area contributed by atoms with Crippen LogP contribution in [0.3, 0.4) is 0 Å². The van der Waals surface area contributed by atoms with E-state index in [0.717, 1.165) is 22.6 Å². The summed E-state index contributed by atoms with van der Waals surface area (Å²) in [5.74, 6) is 1.48. The number of hydrogen-bond acceptors (Lipinski definition) is 4. The Hall–Kier alpha value is -2.79. The van der Waals surface area contributed by atoms with Crippen molar-refractivity contribution in [2.24, 2.45) is 0 Å². The summed E-state index contributed by atoms with van der Waals surface area (Å²) in [4.78, 5) is 4.31. The Kier molecular flexibility index (Phi) is 3.70. The Labute approximate surface area is 144 Å². The van der Waals surface area contributed by atoms with Crippen LogP contribution in [0.25, 0.3) is 5.70 Å². The second-order valence-corrected chi connectivity index (χ2v) is 5.81. The smallest absolute Gasteiger partial charge is 0.226 e. The highest BCUT2D eigenvalue weighted by atomic mass is 35.5. The van der Waals surface area contributed by atoms with Crippen LogP contribution in [0.4, 0.5) is 5.95 Å². The average molecular weight is 339 g/mol. The van der Waals surface area contributed by atoms with Crippen molar-refractivity contribution in [1.29, 1.82) is 0 Å². The first-order valence-electron chi connectivity index (χ1n) is 7.54. The van der Waals surface area contributed by atoms with E-state index >= 15 is 0 Å². The van der Waals surface area contributed by atoms with Crippen LogP contribution < -0.4 is 10.1 Å². The summed E-state index contributed by atoms with van der Waals surface area (Å²) in [5.41, 5.74) is 2.84. The van der Waals surface area contributed by atoms with Gasteiger partial charge in [0.25, 0.3) is 0 Å². The van der Waals surface area contributed by atoms with Crippen molar-refractivity contribution in [3.63, 3.8) is 0 Å². The number of rotatable bonds is 3. The van der Waals surface area contributed by atoms with Crippen LogP contribution in [0.15, 0.2) is 60.9 Å². The summed E-state index contributed by atoms with van der Waals surface area (Å²) >= 11 is 6.36. The lowest BCUT2D eigenvalue weighted by atomic mass is 10.0. The molecule has 2 aromatic carbocycles. The zero-order valence-electron chi connectivity index (χ0n) is 13.0. The Balaban J connectivity index is 1.87. The van der Waals surface area contributed by atoms with Crippen LogP contribution in [-0.2, 0) is 0 Å². The van der Waals surface area contributed by atoms with Gasteiger partial charge in [-0.05, 0) is 18.2 Å². The molecule has 4 rings (SSSR count). The molecule has 1 aromatic heterocycles. The van der Waals surface area contributed by atoms with Crippen LogP contribution in [0, 0.1) is 0 Å². The summed E-state index contributed by atoms with van der Waals surface area (Å²) < 4.78 is 7.35. The van der Waals surface area contributed by atoms with E-state index in [4.69, 9.17) is 16.3 Å². The molecule has 1 atom stereocenters. The van der Waals surface area contributed by atoms with Crippen molar-refractivity contribution in [3.8, 4) is 5.75 Å². The SMILES string of the molecule is COc1ccccc1[C@H]1C=C(c2ccccc2Cl)Nc2ncnn21. The number of allylic oxidation sites excluding steroid dienone is 1. The molecule has 3 aromatic rings.